The van der Waals surface area contributed by atoms with Crippen molar-refractivity contribution in [2.45, 2.75) is 149 Å². The standard InChI is InChI=1S/C26H50N2/c1-5-7-9-11-12-13-14-15-16-17-19-21-25(4)28-23-22-27-26(28)24(3)20-18-10-8-6-2/h22-25H,5-21H2,1-4H3/p+1. The molecule has 2 atom stereocenters. The van der Waals surface area contributed by atoms with Gasteiger partial charge in [-0.25, -0.2) is 9.55 Å². The summed E-state index contributed by atoms with van der Waals surface area (Å²) in [5.41, 5.74) is 0. The topological polar surface area (TPSA) is 19.7 Å². The molecule has 0 saturated carbocycles. The third kappa shape index (κ3) is 11.3. The minimum atomic E-state index is 0.623. The number of nitrogens with one attached hydrogen (secondary N) is 1. The van der Waals surface area contributed by atoms with Gasteiger partial charge in [0, 0.05) is 0 Å². The molecule has 1 N–H and O–H groups in total. The number of hydrogen-bond acceptors (Lipinski definition) is 0. The van der Waals surface area contributed by atoms with E-state index in [1.165, 1.54) is 115 Å². The maximum atomic E-state index is 3.53. The molecule has 1 heterocycles. The lowest BCUT2D eigenvalue weighted by Crippen LogP contribution is -2.40. The fourth-order valence-electron chi connectivity index (χ4n) is 4.40. The Kier molecular flexibility index (Phi) is 15.4. The van der Waals surface area contributed by atoms with Crippen LogP contribution in [-0.4, -0.2) is 4.98 Å². The number of aromatic nitrogens is 2. The average Bonchev–Trinajstić information content (AvgIpc) is 3.19. The molecular formula is C26H51N2+. The second-order valence-corrected chi connectivity index (χ2v) is 9.18. The Bertz CT molecular complexity index is 451. The van der Waals surface area contributed by atoms with Gasteiger partial charge < -0.3 is 0 Å². The summed E-state index contributed by atoms with van der Waals surface area (Å²) < 4.78 is 2.51. The van der Waals surface area contributed by atoms with Gasteiger partial charge in [-0.2, -0.15) is 0 Å². The third-order valence-electron chi connectivity index (χ3n) is 6.40. The van der Waals surface area contributed by atoms with Crippen molar-refractivity contribution in [3.8, 4) is 0 Å². The van der Waals surface area contributed by atoms with E-state index in [9.17, 15) is 0 Å². The highest BCUT2D eigenvalue weighted by Gasteiger charge is 2.21. The van der Waals surface area contributed by atoms with Crippen LogP contribution in [0.4, 0.5) is 0 Å². The van der Waals surface area contributed by atoms with E-state index in [2.05, 4.69) is 49.6 Å². The molecule has 2 heteroatoms. The SMILES string of the molecule is CCCCCCCCCCCCCC(C)[n+]1cc[nH]c1C(C)CCCCCC. The summed E-state index contributed by atoms with van der Waals surface area (Å²) in [4.78, 5) is 3.53. The molecule has 0 radical (unpaired) electrons. The Balaban J connectivity index is 2.12. The molecule has 0 fully saturated rings. The van der Waals surface area contributed by atoms with Crippen molar-refractivity contribution in [3.63, 3.8) is 0 Å². The van der Waals surface area contributed by atoms with Gasteiger partial charge in [0.1, 0.15) is 12.4 Å². The number of aromatic amines is 1. The van der Waals surface area contributed by atoms with Gasteiger partial charge in [0.2, 0.25) is 0 Å². The van der Waals surface area contributed by atoms with Crippen LogP contribution in [0.25, 0.3) is 0 Å². The number of unbranched alkanes of at least 4 members (excludes halogenated alkanes) is 13. The van der Waals surface area contributed by atoms with Crippen LogP contribution >= 0.6 is 0 Å². The monoisotopic (exact) mass is 391 g/mol. The van der Waals surface area contributed by atoms with Crippen LogP contribution < -0.4 is 4.57 Å². The van der Waals surface area contributed by atoms with Crippen LogP contribution in [0.3, 0.4) is 0 Å². The maximum absolute atomic E-state index is 3.53. The van der Waals surface area contributed by atoms with Gasteiger partial charge >= 0.3 is 0 Å². The number of nitrogens with zero attached hydrogens (tertiary/aromatic N) is 1. The zero-order valence-electron chi connectivity index (χ0n) is 19.8. The number of H-pyrrole nitrogens is 1. The summed E-state index contributed by atoms with van der Waals surface area (Å²) in [7, 11) is 0. The van der Waals surface area contributed by atoms with E-state index in [4.69, 9.17) is 0 Å². The zero-order chi connectivity index (χ0) is 20.5. The van der Waals surface area contributed by atoms with Gasteiger partial charge in [0.25, 0.3) is 5.82 Å². The van der Waals surface area contributed by atoms with E-state index >= 15 is 0 Å². The predicted octanol–water partition coefficient (Wildman–Crippen LogP) is 8.64. The first kappa shape index (κ1) is 25.2. The summed E-state index contributed by atoms with van der Waals surface area (Å²) >= 11 is 0. The summed E-state index contributed by atoms with van der Waals surface area (Å²) in [6, 6.07) is 0.623. The molecule has 1 aromatic heterocycles. The fraction of sp³-hybridized carbons (Fsp3) is 0.885. The summed E-state index contributed by atoms with van der Waals surface area (Å²) in [5, 5.41) is 0. The molecule has 2 nitrogen and oxygen atoms in total. The Hall–Kier alpha value is -0.790. The van der Waals surface area contributed by atoms with E-state index in [0.717, 1.165) is 0 Å². The van der Waals surface area contributed by atoms with Crippen molar-refractivity contribution in [1.82, 2.24) is 4.98 Å². The van der Waals surface area contributed by atoms with E-state index in [1.54, 1.807) is 0 Å². The van der Waals surface area contributed by atoms with Gasteiger partial charge in [-0.3, -0.25) is 0 Å². The molecular weight excluding hydrogens is 340 g/mol. The van der Waals surface area contributed by atoms with Crippen LogP contribution in [0.2, 0.25) is 0 Å². The van der Waals surface area contributed by atoms with Crippen LogP contribution in [0.15, 0.2) is 12.4 Å². The lowest BCUT2D eigenvalue weighted by atomic mass is 10.0. The highest BCUT2D eigenvalue weighted by molar-refractivity contribution is 4.87. The van der Waals surface area contributed by atoms with Crippen molar-refractivity contribution in [2.24, 2.45) is 0 Å². The van der Waals surface area contributed by atoms with Crippen molar-refractivity contribution in [3.05, 3.63) is 18.2 Å². The van der Waals surface area contributed by atoms with Crippen LogP contribution in [0.1, 0.15) is 155 Å². The Morgan fingerprint density at radius 3 is 1.71 bits per heavy atom. The van der Waals surface area contributed by atoms with Crippen LogP contribution in [0, 0.1) is 0 Å². The largest absolute Gasteiger partial charge is 0.257 e. The molecule has 0 aliphatic rings. The summed E-state index contributed by atoms with van der Waals surface area (Å²) in [5.74, 6) is 2.08. The lowest BCUT2D eigenvalue weighted by molar-refractivity contribution is -0.727. The highest BCUT2D eigenvalue weighted by Crippen LogP contribution is 2.20. The van der Waals surface area contributed by atoms with Gasteiger partial charge in [-0.15, -0.1) is 0 Å². The smallest absolute Gasteiger partial charge is 0.247 e. The fourth-order valence-corrected chi connectivity index (χ4v) is 4.40. The lowest BCUT2D eigenvalue weighted by Gasteiger charge is -2.14. The Labute approximate surface area is 176 Å². The predicted molar refractivity (Wildman–Crippen MR) is 124 cm³/mol. The quantitative estimate of drug-likeness (QED) is 0.180. The van der Waals surface area contributed by atoms with Gasteiger partial charge in [-0.1, -0.05) is 111 Å². The number of hydrogen-bond donors (Lipinski definition) is 1. The Morgan fingerprint density at radius 2 is 1.14 bits per heavy atom. The molecule has 0 bridgehead atoms. The second kappa shape index (κ2) is 17.1. The number of imidazole rings is 1. The Morgan fingerprint density at radius 1 is 0.679 bits per heavy atom. The maximum Gasteiger partial charge on any atom is 0.257 e. The zero-order valence-corrected chi connectivity index (χ0v) is 19.8. The first-order valence-corrected chi connectivity index (χ1v) is 12.8. The van der Waals surface area contributed by atoms with Crippen molar-refractivity contribution in [1.29, 1.82) is 0 Å². The minimum Gasteiger partial charge on any atom is -0.247 e. The van der Waals surface area contributed by atoms with Gasteiger partial charge in [0.05, 0.1) is 12.0 Å². The molecule has 0 aromatic carbocycles. The van der Waals surface area contributed by atoms with E-state index < -0.39 is 0 Å². The number of rotatable bonds is 19. The van der Waals surface area contributed by atoms with Crippen molar-refractivity contribution in [2.75, 3.05) is 0 Å². The highest BCUT2D eigenvalue weighted by atomic mass is 15.1. The van der Waals surface area contributed by atoms with Crippen molar-refractivity contribution >= 4 is 0 Å². The first-order chi connectivity index (χ1) is 13.7. The van der Waals surface area contributed by atoms with E-state index in [0.29, 0.717) is 12.0 Å². The normalized spacial score (nSPS) is 13.7. The van der Waals surface area contributed by atoms with Crippen molar-refractivity contribution < 1.29 is 4.57 Å². The third-order valence-corrected chi connectivity index (χ3v) is 6.40. The molecule has 0 amide bonds. The summed E-state index contributed by atoms with van der Waals surface area (Å²) in [6.45, 7) is 9.38. The molecule has 28 heavy (non-hydrogen) atoms. The van der Waals surface area contributed by atoms with Crippen LogP contribution in [-0.2, 0) is 0 Å². The molecule has 0 spiro atoms. The second-order valence-electron chi connectivity index (χ2n) is 9.18. The first-order valence-electron chi connectivity index (χ1n) is 12.8. The van der Waals surface area contributed by atoms with E-state index in [-0.39, 0.29) is 0 Å². The average molecular weight is 392 g/mol. The molecule has 1 rings (SSSR count). The molecule has 2 unspecified atom stereocenters. The molecule has 0 aliphatic carbocycles. The molecule has 164 valence electrons. The molecule has 0 aliphatic heterocycles. The minimum absolute atomic E-state index is 0.623. The molecule has 0 saturated heterocycles. The van der Waals surface area contributed by atoms with E-state index in [1.807, 2.05) is 0 Å². The van der Waals surface area contributed by atoms with Gasteiger partial charge in [-0.05, 0) is 26.2 Å². The molecule has 1 aromatic rings. The van der Waals surface area contributed by atoms with Crippen LogP contribution in [0.5, 0.6) is 0 Å². The van der Waals surface area contributed by atoms with Gasteiger partial charge in [0.15, 0.2) is 0 Å². The summed E-state index contributed by atoms with van der Waals surface area (Å²) in [6.07, 6.45) is 28.2.